The third-order valence-corrected chi connectivity index (χ3v) is 3.14. The van der Waals surface area contributed by atoms with E-state index < -0.39 is 4.92 Å². The number of nitrogens with zero attached hydrogens (tertiary/aromatic N) is 1. The van der Waals surface area contributed by atoms with Gasteiger partial charge in [0.15, 0.2) is 11.5 Å². The molecule has 24 heavy (non-hydrogen) atoms. The molecule has 0 atom stereocenters. The van der Waals surface area contributed by atoms with Gasteiger partial charge in [0.25, 0.3) is 11.6 Å². The van der Waals surface area contributed by atoms with Gasteiger partial charge in [-0.1, -0.05) is 0 Å². The minimum Gasteiger partial charge on any atom is -0.490 e. The van der Waals surface area contributed by atoms with Crippen LogP contribution in [0.3, 0.4) is 0 Å². The van der Waals surface area contributed by atoms with Crippen molar-refractivity contribution in [3.63, 3.8) is 0 Å². The Morgan fingerprint density at radius 3 is 2.25 bits per heavy atom. The zero-order chi connectivity index (χ0) is 17.5. The molecule has 0 saturated heterocycles. The summed E-state index contributed by atoms with van der Waals surface area (Å²) in [7, 11) is 0. The van der Waals surface area contributed by atoms with Crippen molar-refractivity contribution >= 4 is 17.3 Å². The molecule has 0 saturated carbocycles. The zero-order valence-corrected chi connectivity index (χ0v) is 13.4. The molecule has 1 amide bonds. The van der Waals surface area contributed by atoms with E-state index in [0.29, 0.717) is 36.0 Å². The minimum atomic E-state index is -0.511. The topological polar surface area (TPSA) is 90.7 Å². The van der Waals surface area contributed by atoms with Crippen molar-refractivity contribution in [2.75, 3.05) is 18.5 Å². The second-order valence-electron chi connectivity index (χ2n) is 4.79. The van der Waals surface area contributed by atoms with Crippen LogP contribution in [-0.2, 0) is 0 Å². The van der Waals surface area contributed by atoms with Gasteiger partial charge >= 0.3 is 0 Å². The first-order valence-corrected chi connectivity index (χ1v) is 7.50. The number of ether oxygens (including phenoxy) is 2. The molecule has 7 heteroatoms. The molecule has 0 radical (unpaired) electrons. The van der Waals surface area contributed by atoms with E-state index in [-0.39, 0.29) is 11.6 Å². The molecule has 0 aliphatic heterocycles. The summed E-state index contributed by atoms with van der Waals surface area (Å²) in [6.45, 7) is 4.71. The Labute approximate surface area is 139 Å². The van der Waals surface area contributed by atoms with Crippen molar-refractivity contribution < 1.29 is 19.2 Å². The van der Waals surface area contributed by atoms with Gasteiger partial charge in [-0.15, -0.1) is 0 Å². The average Bonchev–Trinajstić information content (AvgIpc) is 2.57. The molecule has 0 heterocycles. The summed E-state index contributed by atoms with van der Waals surface area (Å²) >= 11 is 0. The summed E-state index contributed by atoms with van der Waals surface area (Å²) < 4.78 is 11.0. The molecule has 2 rings (SSSR count). The quantitative estimate of drug-likeness (QED) is 0.618. The summed E-state index contributed by atoms with van der Waals surface area (Å²) in [4.78, 5) is 22.3. The lowest BCUT2D eigenvalue weighted by atomic mass is 10.2. The fraction of sp³-hybridized carbons (Fsp3) is 0.235. The summed E-state index contributed by atoms with van der Waals surface area (Å²) in [6.07, 6.45) is 0. The molecule has 0 fully saturated rings. The Balaban J connectivity index is 2.15. The molecule has 0 unspecified atom stereocenters. The van der Waals surface area contributed by atoms with E-state index in [1.165, 1.54) is 24.3 Å². The number of carbonyl (C=O) groups is 1. The van der Waals surface area contributed by atoms with Crippen LogP contribution in [0.2, 0.25) is 0 Å². The Morgan fingerprint density at radius 1 is 1.04 bits per heavy atom. The molecule has 2 aromatic rings. The Hall–Kier alpha value is -3.09. The average molecular weight is 330 g/mol. The lowest BCUT2D eigenvalue weighted by molar-refractivity contribution is -0.384. The van der Waals surface area contributed by atoms with Crippen molar-refractivity contribution in [1.82, 2.24) is 0 Å². The molecule has 0 bridgehead atoms. The molecule has 1 N–H and O–H groups in total. The Morgan fingerprint density at radius 2 is 1.67 bits per heavy atom. The van der Waals surface area contributed by atoms with Crippen molar-refractivity contribution in [2.24, 2.45) is 0 Å². The van der Waals surface area contributed by atoms with Crippen LogP contribution < -0.4 is 14.8 Å². The standard InChI is InChI=1S/C17H18N2O5/c1-3-23-15-10-7-13(11-16(15)24-4-2)18-17(20)12-5-8-14(9-6-12)19(21)22/h5-11H,3-4H2,1-2H3,(H,18,20). The van der Waals surface area contributed by atoms with Crippen molar-refractivity contribution in [1.29, 1.82) is 0 Å². The van der Waals surface area contributed by atoms with Gasteiger partial charge in [-0.05, 0) is 38.1 Å². The fourth-order valence-electron chi connectivity index (χ4n) is 2.07. The lowest BCUT2D eigenvalue weighted by Crippen LogP contribution is -2.12. The molecule has 7 nitrogen and oxygen atoms in total. The van der Waals surface area contributed by atoms with E-state index in [1.807, 2.05) is 13.8 Å². The maximum absolute atomic E-state index is 12.2. The fourth-order valence-corrected chi connectivity index (χ4v) is 2.07. The number of carbonyl (C=O) groups excluding carboxylic acids is 1. The van der Waals surface area contributed by atoms with Gasteiger partial charge in [0.1, 0.15) is 0 Å². The van der Waals surface area contributed by atoms with Crippen LogP contribution >= 0.6 is 0 Å². The third-order valence-electron chi connectivity index (χ3n) is 3.14. The SMILES string of the molecule is CCOc1ccc(NC(=O)c2ccc([N+](=O)[O-])cc2)cc1OCC. The summed E-state index contributed by atoms with van der Waals surface area (Å²) in [5, 5.41) is 13.4. The summed E-state index contributed by atoms with van der Waals surface area (Å²) in [5.74, 6) is 0.782. The molecular formula is C17H18N2O5. The smallest absolute Gasteiger partial charge is 0.269 e. The van der Waals surface area contributed by atoms with E-state index in [4.69, 9.17) is 9.47 Å². The van der Waals surface area contributed by atoms with Gasteiger partial charge in [-0.2, -0.15) is 0 Å². The second kappa shape index (κ2) is 7.96. The normalized spacial score (nSPS) is 10.1. The van der Waals surface area contributed by atoms with E-state index >= 15 is 0 Å². The van der Waals surface area contributed by atoms with Gasteiger partial charge in [-0.25, -0.2) is 0 Å². The zero-order valence-electron chi connectivity index (χ0n) is 13.4. The highest BCUT2D eigenvalue weighted by atomic mass is 16.6. The number of amides is 1. The largest absolute Gasteiger partial charge is 0.490 e. The van der Waals surface area contributed by atoms with E-state index in [9.17, 15) is 14.9 Å². The van der Waals surface area contributed by atoms with Crippen molar-refractivity contribution in [3.05, 3.63) is 58.1 Å². The first-order valence-electron chi connectivity index (χ1n) is 7.50. The van der Waals surface area contributed by atoms with Crippen LogP contribution in [0, 0.1) is 10.1 Å². The number of hydrogen-bond acceptors (Lipinski definition) is 5. The number of nitro groups is 1. The van der Waals surface area contributed by atoms with Crippen LogP contribution in [0.5, 0.6) is 11.5 Å². The van der Waals surface area contributed by atoms with Gasteiger partial charge in [0.05, 0.1) is 18.1 Å². The monoisotopic (exact) mass is 330 g/mol. The first kappa shape index (κ1) is 17.3. The van der Waals surface area contributed by atoms with Crippen LogP contribution in [0.15, 0.2) is 42.5 Å². The van der Waals surface area contributed by atoms with Gasteiger partial charge in [-0.3, -0.25) is 14.9 Å². The molecular weight excluding hydrogens is 312 g/mol. The number of hydrogen-bond donors (Lipinski definition) is 1. The highest BCUT2D eigenvalue weighted by molar-refractivity contribution is 6.04. The molecule has 0 aliphatic carbocycles. The predicted molar refractivity (Wildman–Crippen MR) is 89.8 cm³/mol. The summed E-state index contributed by atoms with van der Waals surface area (Å²) in [6, 6.07) is 10.5. The van der Waals surface area contributed by atoms with E-state index in [1.54, 1.807) is 18.2 Å². The Kier molecular flexibility index (Phi) is 5.73. The number of non-ortho nitro benzene ring substituents is 1. The van der Waals surface area contributed by atoms with E-state index in [2.05, 4.69) is 5.32 Å². The predicted octanol–water partition coefficient (Wildman–Crippen LogP) is 3.64. The first-order chi connectivity index (χ1) is 11.5. The van der Waals surface area contributed by atoms with Crippen LogP contribution in [0.25, 0.3) is 0 Å². The number of rotatable bonds is 7. The molecule has 0 aliphatic rings. The highest BCUT2D eigenvalue weighted by Gasteiger charge is 2.12. The maximum Gasteiger partial charge on any atom is 0.269 e. The van der Waals surface area contributed by atoms with Crippen LogP contribution in [-0.4, -0.2) is 24.0 Å². The number of benzene rings is 2. The molecule has 2 aromatic carbocycles. The van der Waals surface area contributed by atoms with Crippen molar-refractivity contribution in [2.45, 2.75) is 13.8 Å². The van der Waals surface area contributed by atoms with Gasteiger partial charge in [0.2, 0.25) is 0 Å². The van der Waals surface area contributed by atoms with E-state index in [0.717, 1.165) is 0 Å². The molecule has 0 spiro atoms. The molecule has 0 aromatic heterocycles. The maximum atomic E-state index is 12.2. The van der Waals surface area contributed by atoms with Crippen LogP contribution in [0.1, 0.15) is 24.2 Å². The molecule has 126 valence electrons. The number of anilines is 1. The summed E-state index contributed by atoms with van der Waals surface area (Å²) in [5.41, 5.74) is 0.809. The number of nitrogens with one attached hydrogen (secondary N) is 1. The number of nitro benzene ring substituents is 1. The Bertz CT molecular complexity index is 728. The minimum absolute atomic E-state index is 0.0637. The van der Waals surface area contributed by atoms with Gasteiger partial charge in [0, 0.05) is 29.4 Å². The van der Waals surface area contributed by atoms with Crippen molar-refractivity contribution in [3.8, 4) is 11.5 Å². The van der Waals surface area contributed by atoms with Gasteiger partial charge < -0.3 is 14.8 Å². The highest BCUT2D eigenvalue weighted by Crippen LogP contribution is 2.30. The van der Waals surface area contributed by atoms with Crippen LogP contribution in [0.4, 0.5) is 11.4 Å². The third kappa shape index (κ3) is 4.22. The second-order valence-corrected chi connectivity index (χ2v) is 4.79. The lowest BCUT2D eigenvalue weighted by Gasteiger charge is -2.13.